The summed E-state index contributed by atoms with van der Waals surface area (Å²) in [5, 5.41) is 11.5. The number of aryl methyl sites for hydroxylation is 1. The van der Waals surface area contributed by atoms with Gasteiger partial charge in [-0.15, -0.1) is 0 Å². The molecule has 0 bridgehead atoms. The summed E-state index contributed by atoms with van der Waals surface area (Å²) in [4.78, 5) is 32.7. The molecule has 0 spiro atoms. The summed E-state index contributed by atoms with van der Waals surface area (Å²) < 4.78 is 5.53. The molecule has 192 valence electrons. The van der Waals surface area contributed by atoms with Crippen LogP contribution < -0.4 is 9.64 Å². The maximum atomic E-state index is 13.4. The number of amides is 1. The van der Waals surface area contributed by atoms with Gasteiger partial charge in [0, 0.05) is 23.0 Å². The molecule has 1 amide bonds. The summed E-state index contributed by atoms with van der Waals surface area (Å²) in [7, 11) is 1.60. The lowest BCUT2D eigenvalue weighted by molar-refractivity contribution is -0.132. The van der Waals surface area contributed by atoms with Crippen molar-refractivity contribution in [1.29, 1.82) is 0 Å². The number of aliphatic hydroxyl groups excluding tert-OH is 1. The van der Waals surface area contributed by atoms with E-state index < -0.39 is 17.7 Å². The van der Waals surface area contributed by atoms with Crippen molar-refractivity contribution in [3.05, 3.63) is 94.8 Å². The van der Waals surface area contributed by atoms with Crippen LogP contribution in [0.25, 0.3) is 5.76 Å². The standard InChI is InChI=1S/C31H34N2O4/c1-6-7-10-20-12-15-22(16-13-20)33-27(24-11-8-9-18-32-24)26(29(35)30(33)36)28(34)21-14-17-25(37-5)23(19-21)31(2,3)4/h8-9,11-19,27,34H,6-7,10H2,1-5H3/b28-26-. The second-order valence-corrected chi connectivity index (χ2v) is 10.4. The number of anilines is 1. The average Bonchev–Trinajstić information content (AvgIpc) is 3.17. The van der Waals surface area contributed by atoms with E-state index in [0.717, 1.165) is 24.8 Å². The number of methoxy groups -OCH3 is 1. The second kappa shape index (κ2) is 10.6. The number of benzene rings is 2. The predicted molar refractivity (Wildman–Crippen MR) is 146 cm³/mol. The van der Waals surface area contributed by atoms with E-state index >= 15 is 0 Å². The molecule has 37 heavy (non-hydrogen) atoms. The lowest BCUT2D eigenvalue weighted by Crippen LogP contribution is -2.29. The summed E-state index contributed by atoms with van der Waals surface area (Å²) in [6.45, 7) is 8.29. The van der Waals surface area contributed by atoms with Crippen molar-refractivity contribution < 1.29 is 19.4 Å². The number of nitrogens with zero attached hydrogens (tertiary/aromatic N) is 2. The van der Waals surface area contributed by atoms with Crippen LogP contribution in [0.5, 0.6) is 5.75 Å². The third-order valence-electron chi connectivity index (χ3n) is 6.73. The van der Waals surface area contributed by atoms with Gasteiger partial charge in [0.1, 0.15) is 17.6 Å². The van der Waals surface area contributed by atoms with Gasteiger partial charge in [-0.3, -0.25) is 19.5 Å². The van der Waals surface area contributed by atoms with Crippen LogP contribution in [0.3, 0.4) is 0 Å². The smallest absolute Gasteiger partial charge is 0.300 e. The molecule has 0 radical (unpaired) electrons. The van der Waals surface area contributed by atoms with Crippen molar-refractivity contribution in [3.8, 4) is 5.75 Å². The third-order valence-corrected chi connectivity index (χ3v) is 6.73. The van der Waals surface area contributed by atoms with Gasteiger partial charge in [0.2, 0.25) is 0 Å². The molecule has 1 atom stereocenters. The van der Waals surface area contributed by atoms with E-state index in [4.69, 9.17) is 4.74 Å². The van der Waals surface area contributed by atoms with Gasteiger partial charge in [-0.25, -0.2) is 0 Å². The van der Waals surface area contributed by atoms with Crippen molar-refractivity contribution in [2.75, 3.05) is 12.0 Å². The largest absolute Gasteiger partial charge is 0.507 e. The van der Waals surface area contributed by atoms with E-state index in [-0.39, 0.29) is 16.7 Å². The lowest BCUT2D eigenvalue weighted by atomic mass is 9.84. The number of Topliss-reactive ketones (excluding diaryl/α,β-unsaturated/α-hetero) is 1. The maximum Gasteiger partial charge on any atom is 0.300 e. The van der Waals surface area contributed by atoms with Crippen molar-refractivity contribution in [3.63, 3.8) is 0 Å². The van der Waals surface area contributed by atoms with Gasteiger partial charge in [-0.05, 0) is 66.3 Å². The van der Waals surface area contributed by atoms with E-state index in [9.17, 15) is 14.7 Å². The SMILES string of the molecule is CCCCc1ccc(N2C(=O)C(=O)/C(=C(\O)c3ccc(OC)c(C(C)(C)C)c3)C2c2ccccn2)cc1. The number of carbonyl (C=O) groups excluding carboxylic acids is 2. The first-order chi connectivity index (χ1) is 17.7. The highest BCUT2D eigenvalue weighted by Crippen LogP contribution is 2.42. The van der Waals surface area contributed by atoms with Gasteiger partial charge in [0.25, 0.3) is 11.7 Å². The second-order valence-electron chi connectivity index (χ2n) is 10.4. The molecule has 1 unspecified atom stereocenters. The van der Waals surface area contributed by atoms with E-state index in [0.29, 0.717) is 22.7 Å². The molecule has 2 heterocycles. The Morgan fingerprint density at radius 2 is 1.78 bits per heavy atom. The van der Waals surface area contributed by atoms with Crippen LogP contribution in [0.1, 0.15) is 69.0 Å². The van der Waals surface area contributed by atoms with Crippen LogP contribution in [0, 0.1) is 0 Å². The Bertz CT molecular complexity index is 1320. The molecule has 3 aromatic rings. The van der Waals surface area contributed by atoms with Gasteiger partial charge >= 0.3 is 0 Å². The van der Waals surface area contributed by atoms with E-state index in [2.05, 4.69) is 11.9 Å². The topological polar surface area (TPSA) is 79.7 Å². The number of carbonyl (C=O) groups is 2. The molecule has 1 saturated heterocycles. The first-order valence-corrected chi connectivity index (χ1v) is 12.7. The fourth-order valence-corrected chi connectivity index (χ4v) is 4.72. The first kappa shape index (κ1) is 26.1. The number of aliphatic hydroxyl groups is 1. The van der Waals surface area contributed by atoms with Gasteiger partial charge < -0.3 is 9.84 Å². The number of hydrogen-bond acceptors (Lipinski definition) is 5. The minimum Gasteiger partial charge on any atom is -0.507 e. The number of unbranched alkanes of at least 4 members (excludes halogenated alkanes) is 1. The lowest BCUT2D eigenvalue weighted by Gasteiger charge is -2.25. The molecule has 1 fully saturated rings. The molecular weight excluding hydrogens is 464 g/mol. The van der Waals surface area contributed by atoms with Crippen molar-refractivity contribution >= 4 is 23.1 Å². The van der Waals surface area contributed by atoms with Gasteiger partial charge in [0.15, 0.2) is 0 Å². The quantitative estimate of drug-likeness (QED) is 0.233. The minimum absolute atomic E-state index is 0.0174. The molecule has 4 rings (SSSR count). The van der Waals surface area contributed by atoms with Crippen LogP contribution in [-0.2, 0) is 21.4 Å². The molecule has 1 aliphatic heterocycles. The number of aromatic nitrogens is 1. The van der Waals surface area contributed by atoms with E-state index in [1.165, 1.54) is 10.5 Å². The molecule has 1 N–H and O–H groups in total. The van der Waals surface area contributed by atoms with Gasteiger partial charge in [-0.1, -0.05) is 52.3 Å². The number of pyridine rings is 1. The highest BCUT2D eigenvalue weighted by molar-refractivity contribution is 6.51. The zero-order chi connectivity index (χ0) is 26.7. The maximum absolute atomic E-state index is 13.4. The number of hydrogen-bond donors (Lipinski definition) is 1. The highest BCUT2D eigenvalue weighted by Gasteiger charge is 2.47. The van der Waals surface area contributed by atoms with Gasteiger partial charge in [-0.2, -0.15) is 0 Å². The van der Waals surface area contributed by atoms with E-state index in [1.807, 2.05) is 51.1 Å². The fourth-order valence-electron chi connectivity index (χ4n) is 4.72. The fraction of sp³-hybridized carbons (Fsp3) is 0.323. The summed E-state index contributed by atoms with van der Waals surface area (Å²) >= 11 is 0. The van der Waals surface area contributed by atoms with E-state index in [1.54, 1.807) is 43.6 Å². The van der Waals surface area contributed by atoms with Crippen LogP contribution in [0.2, 0.25) is 0 Å². The van der Waals surface area contributed by atoms with Crippen LogP contribution in [0.15, 0.2) is 72.4 Å². The summed E-state index contributed by atoms with van der Waals surface area (Å²) in [6, 6.07) is 17.5. The molecule has 1 aliphatic rings. The Morgan fingerprint density at radius 3 is 2.38 bits per heavy atom. The average molecular weight is 499 g/mol. The Hall–Kier alpha value is -3.93. The summed E-state index contributed by atoms with van der Waals surface area (Å²) in [6.07, 6.45) is 4.75. The monoisotopic (exact) mass is 498 g/mol. The first-order valence-electron chi connectivity index (χ1n) is 12.7. The Morgan fingerprint density at radius 1 is 1.05 bits per heavy atom. The zero-order valence-corrected chi connectivity index (χ0v) is 22.1. The Labute approximate surface area is 218 Å². The molecular formula is C31H34N2O4. The van der Waals surface area contributed by atoms with Crippen molar-refractivity contribution in [2.24, 2.45) is 0 Å². The number of ketones is 1. The van der Waals surface area contributed by atoms with Crippen molar-refractivity contribution in [1.82, 2.24) is 4.98 Å². The molecule has 6 heteroatoms. The normalized spacial score (nSPS) is 17.3. The van der Waals surface area contributed by atoms with Crippen molar-refractivity contribution in [2.45, 2.75) is 58.4 Å². The summed E-state index contributed by atoms with van der Waals surface area (Å²) in [5.74, 6) is -0.974. The van der Waals surface area contributed by atoms with Crippen LogP contribution >= 0.6 is 0 Å². The number of ether oxygens (including phenoxy) is 1. The number of rotatable bonds is 7. The minimum atomic E-state index is -0.858. The molecule has 0 aliphatic carbocycles. The Balaban J connectivity index is 1.87. The summed E-state index contributed by atoms with van der Waals surface area (Å²) in [5.41, 5.74) is 3.33. The van der Waals surface area contributed by atoms with Crippen LogP contribution in [-0.4, -0.2) is 28.9 Å². The van der Waals surface area contributed by atoms with Gasteiger partial charge in [0.05, 0.1) is 18.4 Å². The van der Waals surface area contributed by atoms with Crippen LogP contribution in [0.4, 0.5) is 5.69 Å². The zero-order valence-electron chi connectivity index (χ0n) is 22.1. The molecule has 1 aromatic heterocycles. The Kier molecular flexibility index (Phi) is 7.48. The predicted octanol–water partition coefficient (Wildman–Crippen LogP) is 6.36. The highest BCUT2D eigenvalue weighted by atomic mass is 16.5. The third kappa shape index (κ3) is 5.15. The molecule has 0 saturated carbocycles. The molecule has 6 nitrogen and oxygen atoms in total. The molecule has 2 aromatic carbocycles.